The maximum Gasteiger partial charge on any atom is 0.338 e. The van der Waals surface area contributed by atoms with E-state index >= 15 is 0 Å². The molecule has 0 unspecified atom stereocenters. The topological polar surface area (TPSA) is 52.6 Å². The van der Waals surface area contributed by atoms with Gasteiger partial charge in [0.05, 0.1) is 0 Å². The summed E-state index contributed by atoms with van der Waals surface area (Å²) in [6.45, 7) is 8.16. The molecule has 0 bridgehead atoms. The lowest BCUT2D eigenvalue weighted by atomic mass is 10.0. The van der Waals surface area contributed by atoms with Crippen LogP contribution < -0.4 is 9.47 Å². The molecule has 0 heterocycles. The average Bonchev–Trinajstić information content (AvgIpc) is 2.59. The van der Waals surface area contributed by atoms with E-state index in [4.69, 9.17) is 4.74 Å². The van der Waals surface area contributed by atoms with Gasteiger partial charge in [0.25, 0.3) is 0 Å². The molecule has 0 aliphatic heterocycles. The molecular weight excluding hydrogens is 330 g/mol. The summed E-state index contributed by atoms with van der Waals surface area (Å²) in [4.78, 5) is 22.5. The average molecular weight is 344 g/mol. The molecule has 0 spiro atoms. The summed E-state index contributed by atoms with van der Waals surface area (Å²) in [5, 5.41) is 0. The number of ether oxygens (including phenoxy) is 2. The van der Waals surface area contributed by atoms with Crippen molar-refractivity contribution >= 4 is 11.9 Å². The zero-order valence-electron chi connectivity index (χ0n) is 13.3. The fraction of sp³-hybridized carbons (Fsp3) is 0.0526. The first-order valence-electron chi connectivity index (χ1n) is 7.14. The molecule has 4 nitrogen and oxygen atoms in total. The minimum atomic E-state index is -1.29. The van der Waals surface area contributed by atoms with Gasteiger partial charge in [-0.2, -0.15) is 4.39 Å². The Morgan fingerprint density at radius 1 is 1.00 bits per heavy atom. The Kier molecular flexibility index (Phi) is 5.44. The quantitative estimate of drug-likeness (QED) is 0.463. The number of hydrogen-bond acceptors (Lipinski definition) is 4. The Morgan fingerprint density at radius 2 is 1.64 bits per heavy atom. The fourth-order valence-electron chi connectivity index (χ4n) is 1.88. The maximum absolute atomic E-state index is 14.2. The van der Waals surface area contributed by atoms with E-state index < -0.39 is 29.3 Å². The van der Waals surface area contributed by atoms with Crippen LogP contribution in [-0.4, -0.2) is 11.9 Å². The van der Waals surface area contributed by atoms with Gasteiger partial charge in [-0.05, 0) is 36.8 Å². The standard InChI is InChI=1S/C19H14F2O4/c1-4-16(22)25-15-10-9-14(17(20)18(15)21)12-5-7-13(8-6-12)24-19(23)11(2)3/h4-10H,1-2H2,3H3. The molecule has 0 saturated heterocycles. The molecule has 2 aromatic rings. The molecule has 128 valence electrons. The highest BCUT2D eigenvalue weighted by atomic mass is 19.2. The number of esters is 2. The van der Waals surface area contributed by atoms with Gasteiger partial charge in [-0.15, -0.1) is 0 Å². The van der Waals surface area contributed by atoms with Crippen molar-refractivity contribution in [3.05, 3.63) is 72.8 Å². The molecular formula is C19H14F2O4. The number of carbonyl (C=O) groups excluding carboxylic acids is 2. The predicted molar refractivity (Wildman–Crippen MR) is 88.1 cm³/mol. The fourth-order valence-corrected chi connectivity index (χ4v) is 1.88. The van der Waals surface area contributed by atoms with Gasteiger partial charge in [0, 0.05) is 17.2 Å². The molecule has 0 N–H and O–H groups in total. The third-order valence-electron chi connectivity index (χ3n) is 3.15. The van der Waals surface area contributed by atoms with E-state index in [1.807, 2.05) is 0 Å². The summed E-state index contributed by atoms with van der Waals surface area (Å²) in [5.74, 6) is -4.22. The number of rotatable bonds is 5. The van der Waals surface area contributed by atoms with Crippen LogP contribution in [0.1, 0.15) is 6.92 Å². The summed E-state index contributed by atoms with van der Waals surface area (Å²) >= 11 is 0. The zero-order chi connectivity index (χ0) is 18.6. The van der Waals surface area contributed by atoms with Gasteiger partial charge in [-0.1, -0.05) is 25.3 Å². The third kappa shape index (κ3) is 4.17. The van der Waals surface area contributed by atoms with Crippen LogP contribution in [0, 0.1) is 11.6 Å². The van der Waals surface area contributed by atoms with Crippen molar-refractivity contribution in [2.24, 2.45) is 0 Å². The van der Waals surface area contributed by atoms with Crippen molar-refractivity contribution in [3.63, 3.8) is 0 Å². The summed E-state index contributed by atoms with van der Waals surface area (Å²) in [6, 6.07) is 8.24. The highest BCUT2D eigenvalue weighted by Gasteiger charge is 2.17. The van der Waals surface area contributed by atoms with Gasteiger partial charge < -0.3 is 9.47 Å². The van der Waals surface area contributed by atoms with Crippen LogP contribution in [0.15, 0.2) is 61.2 Å². The van der Waals surface area contributed by atoms with Gasteiger partial charge in [0.1, 0.15) is 5.75 Å². The molecule has 0 fully saturated rings. The van der Waals surface area contributed by atoms with Crippen LogP contribution in [0.2, 0.25) is 0 Å². The first kappa shape index (κ1) is 18.1. The minimum Gasteiger partial charge on any atom is -0.423 e. The van der Waals surface area contributed by atoms with Crippen molar-refractivity contribution < 1.29 is 27.8 Å². The predicted octanol–water partition coefficient (Wildman–Crippen LogP) is 4.20. The van der Waals surface area contributed by atoms with Crippen LogP contribution >= 0.6 is 0 Å². The van der Waals surface area contributed by atoms with Crippen molar-refractivity contribution in [1.82, 2.24) is 0 Å². The maximum atomic E-state index is 14.2. The number of hydrogen-bond donors (Lipinski definition) is 0. The van der Waals surface area contributed by atoms with Crippen LogP contribution in [0.4, 0.5) is 8.78 Å². The van der Waals surface area contributed by atoms with E-state index in [9.17, 15) is 18.4 Å². The Morgan fingerprint density at radius 3 is 2.20 bits per heavy atom. The van der Waals surface area contributed by atoms with E-state index in [-0.39, 0.29) is 16.9 Å². The molecule has 2 aromatic carbocycles. The van der Waals surface area contributed by atoms with Gasteiger partial charge in [-0.3, -0.25) is 0 Å². The second-order valence-corrected chi connectivity index (χ2v) is 5.06. The van der Waals surface area contributed by atoms with E-state index in [2.05, 4.69) is 17.9 Å². The lowest BCUT2D eigenvalue weighted by Crippen LogP contribution is -2.08. The molecule has 6 heteroatoms. The van der Waals surface area contributed by atoms with Crippen molar-refractivity contribution in [1.29, 1.82) is 0 Å². The molecule has 0 aromatic heterocycles. The first-order chi connectivity index (χ1) is 11.8. The minimum absolute atomic E-state index is 0.0336. The highest BCUT2D eigenvalue weighted by molar-refractivity contribution is 5.88. The molecule has 25 heavy (non-hydrogen) atoms. The summed E-state index contributed by atoms with van der Waals surface area (Å²) in [5.41, 5.74) is 0.559. The highest BCUT2D eigenvalue weighted by Crippen LogP contribution is 2.31. The molecule has 0 aliphatic carbocycles. The Bertz CT molecular complexity index is 854. The normalized spacial score (nSPS) is 10.0. The Labute approximate surface area is 143 Å². The second kappa shape index (κ2) is 7.53. The smallest absolute Gasteiger partial charge is 0.338 e. The Balaban J connectivity index is 2.28. The molecule has 0 radical (unpaired) electrons. The lowest BCUT2D eigenvalue weighted by molar-refractivity contribution is -0.130. The van der Waals surface area contributed by atoms with E-state index in [1.165, 1.54) is 37.3 Å². The largest absolute Gasteiger partial charge is 0.423 e. The second-order valence-electron chi connectivity index (χ2n) is 5.06. The summed E-state index contributed by atoms with van der Waals surface area (Å²) in [7, 11) is 0. The summed E-state index contributed by atoms with van der Waals surface area (Å²) in [6.07, 6.45) is 0.843. The number of carbonyl (C=O) groups is 2. The molecule has 2 rings (SSSR count). The van der Waals surface area contributed by atoms with Gasteiger partial charge in [0.2, 0.25) is 5.82 Å². The first-order valence-corrected chi connectivity index (χ1v) is 7.14. The number of benzene rings is 2. The lowest BCUT2D eigenvalue weighted by Gasteiger charge is -2.09. The van der Waals surface area contributed by atoms with Crippen LogP contribution in [0.25, 0.3) is 11.1 Å². The van der Waals surface area contributed by atoms with Crippen LogP contribution in [0.5, 0.6) is 11.5 Å². The number of halogens is 2. The third-order valence-corrected chi connectivity index (χ3v) is 3.15. The SMILES string of the molecule is C=CC(=O)Oc1ccc(-c2ccc(OC(=O)C(=C)C)cc2)c(F)c1F. The molecule has 0 atom stereocenters. The van der Waals surface area contributed by atoms with Gasteiger partial charge >= 0.3 is 11.9 Å². The van der Waals surface area contributed by atoms with E-state index in [0.29, 0.717) is 5.56 Å². The van der Waals surface area contributed by atoms with Crippen molar-refractivity contribution in [2.75, 3.05) is 0 Å². The Hall–Kier alpha value is -3.28. The van der Waals surface area contributed by atoms with Gasteiger partial charge in [-0.25, -0.2) is 14.0 Å². The van der Waals surface area contributed by atoms with Gasteiger partial charge in [0.15, 0.2) is 11.6 Å². The van der Waals surface area contributed by atoms with E-state index in [1.54, 1.807) is 0 Å². The van der Waals surface area contributed by atoms with Crippen LogP contribution in [-0.2, 0) is 9.59 Å². The molecule has 0 aliphatic rings. The van der Waals surface area contributed by atoms with Crippen molar-refractivity contribution in [3.8, 4) is 22.6 Å². The molecule has 0 saturated carbocycles. The zero-order valence-corrected chi connectivity index (χ0v) is 13.3. The van der Waals surface area contributed by atoms with Crippen LogP contribution in [0.3, 0.4) is 0 Å². The van der Waals surface area contributed by atoms with Crippen molar-refractivity contribution in [2.45, 2.75) is 6.92 Å². The monoisotopic (exact) mass is 344 g/mol. The van der Waals surface area contributed by atoms with E-state index in [0.717, 1.165) is 12.1 Å². The summed E-state index contributed by atoms with van der Waals surface area (Å²) < 4.78 is 37.9. The molecule has 0 amide bonds.